The third-order valence-corrected chi connectivity index (χ3v) is 6.37. The van der Waals surface area contributed by atoms with Crippen LogP contribution in [-0.4, -0.2) is 61.9 Å². The summed E-state index contributed by atoms with van der Waals surface area (Å²) in [5.41, 5.74) is 1.42. The second kappa shape index (κ2) is 9.24. The largest absolute Gasteiger partial charge is 0.489 e. The molecule has 10 nitrogen and oxygen atoms in total. The standard InChI is InChI=1S/C27H33N5O5/c1-26(2,3)37-25(34)31-10-6-8-18(31)16-35-22-13-21-17(14-27(4,5)36-21)12-20(22)30-24(33)19-15-29-32-11-7-9-28-23(19)32/h7,9,11-13,15,18H,6,8,10,14,16H2,1-5H3,(H,30,33)/t18-/m1/s1. The lowest BCUT2D eigenvalue weighted by Crippen LogP contribution is -2.42. The third kappa shape index (κ3) is 5.33. The van der Waals surface area contributed by atoms with Crippen molar-refractivity contribution in [1.29, 1.82) is 0 Å². The topological polar surface area (TPSA) is 107 Å². The van der Waals surface area contributed by atoms with Crippen LogP contribution in [0.2, 0.25) is 0 Å². The van der Waals surface area contributed by atoms with Crippen molar-refractivity contribution in [2.75, 3.05) is 18.5 Å². The van der Waals surface area contributed by atoms with Crippen LogP contribution in [0.5, 0.6) is 11.5 Å². The molecule has 196 valence electrons. The maximum absolute atomic E-state index is 13.2. The number of nitrogens with one attached hydrogen (secondary N) is 1. The van der Waals surface area contributed by atoms with Gasteiger partial charge in [0.05, 0.1) is 17.9 Å². The zero-order valence-corrected chi connectivity index (χ0v) is 21.9. The fourth-order valence-corrected chi connectivity index (χ4v) is 4.78. The second-order valence-electron chi connectivity index (χ2n) is 11.2. The van der Waals surface area contributed by atoms with Gasteiger partial charge < -0.3 is 24.4 Å². The summed E-state index contributed by atoms with van der Waals surface area (Å²) in [6.07, 6.45) is 6.90. The molecule has 0 bridgehead atoms. The molecular formula is C27H33N5O5. The molecule has 1 saturated heterocycles. The highest BCUT2D eigenvalue weighted by atomic mass is 16.6. The quantitative estimate of drug-likeness (QED) is 0.543. The van der Waals surface area contributed by atoms with Crippen molar-refractivity contribution in [3.8, 4) is 11.5 Å². The van der Waals surface area contributed by atoms with E-state index in [1.165, 1.54) is 6.20 Å². The van der Waals surface area contributed by atoms with Crippen molar-refractivity contribution in [2.24, 2.45) is 0 Å². The summed E-state index contributed by atoms with van der Waals surface area (Å²) in [5.74, 6) is 0.865. The maximum Gasteiger partial charge on any atom is 0.410 e. The van der Waals surface area contributed by atoms with Gasteiger partial charge in [-0.15, -0.1) is 0 Å². The molecule has 1 N–H and O–H groups in total. The van der Waals surface area contributed by atoms with Gasteiger partial charge in [-0.3, -0.25) is 4.79 Å². The molecule has 0 spiro atoms. The van der Waals surface area contributed by atoms with Crippen LogP contribution in [0.3, 0.4) is 0 Å². The van der Waals surface area contributed by atoms with E-state index in [-0.39, 0.29) is 30.3 Å². The number of hydrogen-bond acceptors (Lipinski definition) is 7. The highest BCUT2D eigenvalue weighted by Gasteiger charge is 2.34. The number of carbonyl (C=O) groups excluding carboxylic acids is 2. The smallest absolute Gasteiger partial charge is 0.410 e. The monoisotopic (exact) mass is 507 g/mol. The fourth-order valence-electron chi connectivity index (χ4n) is 4.78. The molecule has 2 amide bonds. The van der Waals surface area contributed by atoms with Crippen molar-refractivity contribution in [2.45, 2.75) is 71.1 Å². The second-order valence-corrected chi connectivity index (χ2v) is 11.2. The average Bonchev–Trinajstić information content (AvgIpc) is 3.51. The molecule has 2 aromatic heterocycles. The average molecular weight is 508 g/mol. The van der Waals surface area contributed by atoms with Crippen LogP contribution in [-0.2, 0) is 11.2 Å². The molecule has 0 radical (unpaired) electrons. The van der Waals surface area contributed by atoms with Gasteiger partial charge in [-0.05, 0) is 59.6 Å². The Labute approximate surface area is 215 Å². The number of aromatic nitrogens is 3. The van der Waals surface area contributed by atoms with Gasteiger partial charge in [0.2, 0.25) is 0 Å². The predicted molar refractivity (Wildman–Crippen MR) is 137 cm³/mol. The van der Waals surface area contributed by atoms with Gasteiger partial charge in [0, 0.05) is 37.0 Å². The van der Waals surface area contributed by atoms with E-state index >= 15 is 0 Å². The van der Waals surface area contributed by atoms with Gasteiger partial charge in [-0.1, -0.05) is 0 Å². The third-order valence-electron chi connectivity index (χ3n) is 6.37. The molecule has 0 aliphatic carbocycles. The van der Waals surface area contributed by atoms with Crippen LogP contribution in [0, 0.1) is 0 Å². The van der Waals surface area contributed by atoms with E-state index in [0.717, 1.165) is 24.2 Å². The van der Waals surface area contributed by atoms with E-state index in [1.807, 2.05) is 46.8 Å². The predicted octanol–water partition coefficient (Wildman–Crippen LogP) is 4.47. The van der Waals surface area contributed by atoms with Crippen LogP contribution in [0.15, 0.2) is 36.8 Å². The lowest BCUT2D eigenvalue weighted by Gasteiger charge is -2.28. The number of amides is 2. The number of rotatable bonds is 5. The van der Waals surface area contributed by atoms with Gasteiger partial charge in [0.1, 0.15) is 34.9 Å². The van der Waals surface area contributed by atoms with Crippen LogP contribution < -0.4 is 14.8 Å². The van der Waals surface area contributed by atoms with Crippen molar-refractivity contribution < 1.29 is 23.8 Å². The zero-order chi connectivity index (χ0) is 26.4. The summed E-state index contributed by atoms with van der Waals surface area (Å²) in [6, 6.07) is 5.34. The molecule has 37 heavy (non-hydrogen) atoms. The zero-order valence-electron chi connectivity index (χ0n) is 21.9. The van der Waals surface area contributed by atoms with E-state index in [9.17, 15) is 9.59 Å². The highest BCUT2D eigenvalue weighted by Crippen LogP contribution is 2.41. The van der Waals surface area contributed by atoms with Gasteiger partial charge in [0.15, 0.2) is 5.65 Å². The van der Waals surface area contributed by atoms with Gasteiger partial charge >= 0.3 is 6.09 Å². The summed E-state index contributed by atoms with van der Waals surface area (Å²) < 4.78 is 19.5. The molecule has 10 heteroatoms. The first-order valence-corrected chi connectivity index (χ1v) is 12.6. The normalized spacial score (nSPS) is 18.4. The lowest BCUT2D eigenvalue weighted by atomic mass is 10.0. The van der Waals surface area contributed by atoms with E-state index in [1.54, 1.807) is 27.9 Å². The highest BCUT2D eigenvalue weighted by molar-refractivity contribution is 6.08. The van der Waals surface area contributed by atoms with E-state index in [4.69, 9.17) is 14.2 Å². The van der Waals surface area contributed by atoms with E-state index < -0.39 is 5.60 Å². The Morgan fingerprint density at radius 1 is 1.27 bits per heavy atom. The van der Waals surface area contributed by atoms with Crippen molar-refractivity contribution >= 4 is 23.3 Å². The van der Waals surface area contributed by atoms with Gasteiger partial charge in [-0.2, -0.15) is 5.10 Å². The Bertz CT molecular complexity index is 1340. The molecule has 2 aliphatic rings. The number of ether oxygens (including phenoxy) is 3. The minimum absolute atomic E-state index is 0.132. The number of hydrogen-bond donors (Lipinski definition) is 1. The number of fused-ring (bicyclic) bond motifs is 2. The Balaban J connectivity index is 1.38. The molecule has 1 fully saturated rings. The van der Waals surface area contributed by atoms with Crippen molar-refractivity contribution in [3.63, 3.8) is 0 Å². The Morgan fingerprint density at radius 3 is 2.86 bits per heavy atom. The van der Waals surface area contributed by atoms with Gasteiger partial charge in [-0.25, -0.2) is 14.3 Å². The van der Waals surface area contributed by atoms with Crippen LogP contribution >= 0.6 is 0 Å². The lowest BCUT2D eigenvalue weighted by molar-refractivity contribution is 0.0187. The molecular weight excluding hydrogens is 474 g/mol. The van der Waals surface area contributed by atoms with Crippen molar-refractivity contribution in [3.05, 3.63) is 47.9 Å². The first-order chi connectivity index (χ1) is 17.5. The Hall–Kier alpha value is -3.82. The molecule has 5 rings (SSSR count). The molecule has 2 aliphatic heterocycles. The molecule has 4 heterocycles. The summed E-state index contributed by atoms with van der Waals surface area (Å²) in [5, 5.41) is 7.20. The summed E-state index contributed by atoms with van der Waals surface area (Å²) >= 11 is 0. The summed E-state index contributed by atoms with van der Waals surface area (Å²) in [4.78, 5) is 32.0. The molecule has 0 saturated carbocycles. The minimum Gasteiger partial charge on any atom is -0.489 e. The van der Waals surface area contributed by atoms with E-state index in [0.29, 0.717) is 35.6 Å². The maximum atomic E-state index is 13.2. The number of carbonyl (C=O) groups is 2. The van der Waals surface area contributed by atoms with Crippen LogP contribution in [0.25, 0.3) is 5.65 Å². The Kier molecular flexibility index (Phi) is 6.21. The fraction of sp³-hybridized carbons (Fsp3) is 0.481. The molecule has 0 unspecified atom stereocenters. The molecule has 1 atom stereocenters. The van der Waals surface area contributed by atoms with Gasteiger partial charge in [0.25, 0.3) is 5.91 Å². The number of likely N-dealkylation sites (tertiary alicyclic amines) is 1. The SMILES string of the molecule is CC(C)(C)OC(=O)N1CCC[C@@H]1COc1cc2c(cc1NC(=O)c1cnn3cccnc13)CC(C)(C)O2. The minimum atomic E-state index is -0.570. The molecule has 1 aromatic carbocycles. The Morgan fingerprint density at radius 2 is 2.08 bits per heavy atom. The van der Waals surface area contributed by atoms with Crippen molar-refractivity contribution in [1.82, 2.24) is 19.5 Å². The summed E-state index contributed by atoms with van der Waals surface area (Å²) in [6.45, 7) is 10.5. The first kappa shape index (κ1) is 24.9. The number of benzene rings is 1. The summed E-state index contributed by atoms with van der Waals surface area (Å²) in [7, 11) is 0. The molecule has 3 aromatic rings. The van der Waals surface area contributed by atoms with E-state index in [2.05, 4.69) is 15.4 Å². The van der Waals surface area contributed by atoms with Crippen LogP contribution in [0.4, 0.5) is 10.5 Å². The first-order valence-electron chi connectivity index (χ1n) is 12.6. The number of nitrogens with zero attached hydrogens (tertiary/aromatic N) is 4. The van der Waals surface area contributed by atoms with Crippen LogP contribution in [0.1, 0.15) is 63.4 Å². The number of anilines is 1.